The summed E-state index contributed by atoms with van der Waals surface area (Å²) in [6.07, 6.45) is -1.20. The van der Waals surface area contributed by atoms with Gasteiger partial charge in [0.1, 0.15) is 6.54 Å². The summed E-state index contributed by atoms with van der Waals surface area (Å²) < 4.78 is 45.6. The number of ether oxygens (including phenoxy) is 1. The van der Waals surface area contributed by atoms with E-state index in [4.69, 9.17) is 4.74 Å². The van der Waals surface area contributed by atoms with E-state index < -0.39 is 17.6 Å². The van der Waals surface area contributed by atoms with E-state index in [0.29, 0.717) is 18.0 Å². The summed E-state index contributed by atoms with van der Waals surface area (Å²) in [5.41, 5.74) is 0.932. The van der Waals surface area contributed by atoms with Crippen molar-refractivity contribution >= 4 is 17.8 Å². The first-order valence-electron chi connectivity index (χ1n) is 11.2. The van der Waals surface area contributed by atoms with Crippen LogP contribution in [0, 0.1) is 5.92 Å². The Morgan fingerprint density at radius 2 is 1.80 bits per heavy atom. The second-order valence-electron chi connectivity index (χ2n) is 8.31. The first-order chi connectivity index (χ1) is 16.8. The van der Waals surface area contributed by atoms with Crippen LogP contribution in [-0.2, 0) is 20.5 Å². The molecule has 1 aliphatic rings. The van der Waals surface area contributed by atoms with Crippen molar-refractivity contribution in [1.82, 2.24) is 14.5 Å². The van der Waals surface area contributed by atoms with Gasteiger partial charge in [-0.2, -0.15) is 13.2 Å². The number of benzene rings is 2. The molecule has 2 aromatic carbocycles. The number of imidazole rings is 1. The maximum Gasteiger partial charge on any atom is 0.416 e. The van der Waals surface area contributed by atoms with Gasteiger partial charge in [0.2, 0.25) is 17.8 Å². The van der Waals surface area contributed by atoms with Gasteiger partial charge in [0, 0.05) is 37.0 Å². The molecular weight excluding hydrogens is 461 g/mol. The first kappa shape index (κ1) is 24.5. The van der Waals surface area contributed by atoms with Gasteiger partial charge in [-0.15, -0.1) is 0 Å². The SMILES string of the molecule is COCCN(CC(=O)Nc1nc(-c2ccccc2)cn1-c1ccc(C(F)(F)F)cc1)C(=O)C1CC1. The minimum Gasteiger partial charge on any atom is -0.383 e. The molecule has 4 rings (SSSR count). The lowest BCUT2D eigenvalue weighted by atomic mass is 10.2. The Morgan fingerprint density at radius 1 is 1.11 bits per heavy atom. The van der Waals surface area contributed by atoms with Crippen molar-refractivity contribution in [2.75, 3.05) is 32.1 Å². The second-order valence-corrected chi connectivity index (χ2v) is 8.31. The lowest BCUT2D eigenvalue weighted by molar-refractivity contribution is -0.137. The third kappa shape index (κ3) is 6.07. The number of halogens is 3. The quantitative estimate of drug-likeness (QED) is 0.487. The lowest BCUT2D eigenvalue weighted by Gasteiger charge is -2.21. The third-order valence-corrected chi connectivity index (χ3v) is 5.64. The molecule has 0 unspecified atom stereocenters. The van der Waals surface area contributed by atoms with E-state index in [2.05, 4.69) is 10.3 Å². The Balaban J connectivity index is 1.60. The molecule has 1 N–H and O–H groups in total. The van der Waals surface area contributed by atoms with Crippen molar-refractivity contribution in [2.24, 2.45) is 5.92 Å². The van der Waals surface area contributed by atoms with Crippen LogP contribution in [0.2, 0.25) is 0 Å². The van der Waals surface area contributed by atoms with E-state index in [1.165, 1.54) is 28.7 Å². The molecule has 184 valence electrons. The molecule has 0 saturated heterocycles. The van der Waals surface area contributed by atoms with Crippen LogP contribution in [0.5, 0.6) is 0 Å². The molecule has 3 aromatic rings. The fourth-order valence-corrected chi connectivity index (χ4v) is 3.62. The number of nitrogens with one attached hydrogen (secondary N) is 1. The summed E-state index contributed by atoms with van der Waals surface area (Å²) in [7, 11) is 1.52. The predicted molar refractivity (Wildman–Crippen MR) is 124 cm³/mol. The highest BCUT2D eigenvalue weighted by molar-refractivity contribution is 5.94. The molecule has 0 atom stereocenters. The highest BCUT2D eigenvalue weighted by atomic mass is 19.4. The van der Waals surface area contributed by atoms with Crippen LogP contribution in [0.3, 0.4) is 0 Å². The maximum absolute atomic E-state index is 13.0. The monoisotopic (exact) mass is 486 g/mol. The standard InChI is InChI=1S/C25H25F3N4O3/c1-35-14-13-31(23(34)18-7-8-18)16-22(33)30-24-29-21(17-5-3-2-4-6-17)15-32(24)20-11-9-19(10-12-20)25(26,27)28/h2-6,9-12,15,18H,7-8,13-14,16H2,1H3,(H,29,30,33). The van der Waals surface area contributed by atoms with Crippen LogP contribution >= 0.6 is 0 Å². The van der Waals surface area contributed by atoms with Gasteiger partial charge in [-0.25, -0.2) is 4.98 Å². The first-order valence-corrected chi connectivity index (χ1v) is 11.2. The van der Waals surface area contributed by atoms with Gasteiger partial charge < -0.3 is 9.64 Å². The van der Waals surface area contributed by atoms with Crippen molar-refractivity contribution in [2.45, 2.75) is 19.0 Å². The van der Waals surface area contributed by atoms with Gasteiger partial charge in [-0.05, 0) is 37.1 Å². The lowest BCUT2D eigenvalue weighted by Crippen LogP contribution is -2.41. The van der Waals surface area contributed by atoms with Crippen LogP contribution in [0.1, 0.15) is 18.4 Å². The fourth-order valence-electron chi connectivity index (χ4n) is 3.62. The van der Waals surface area contributed by atoms with E-state index in [0.717, 1.165) is 30.5 Å². The van der Waals surface area contributed by atoms with Crippen LogP contribution in [-0.4, -0.2) is 53.1 Å². The number of anilines is 1. The number of hydrogen-bond donors (Lipinski definition) is 1. The van der Waals surface area contributed by atoms with Gasteiger partial charge in [-0.1, -0.05) is 30.3 Å². The van der Waals surface area contributed by atoms with Crippen molar-refractivity contribution in [3.8, 4) is 16.9 Å². The summed E-state index contributed by atoms with van der Waals surface area (Å²) in [6.45, 7) is 0.394. The number of hydrogen-bond acceptors (Lipinski definition) is 4. The molecule has 7 nitrogen and oxygen atoms in total. The minimum absolute atomic E-state index is 0.0570. The molecule has 1 saturated carbocycles. The molecule has 1 fully saturated rings. The van der Waals surface area contributed by atoms with Crippen LogP contribution in [0.15, 0.2) is 60.8 Å². The minimum atomic E-state index is -4.46. The molecule has 1 aliphatic carbocycles. The fraction of sp³-hybridized carbons (Fsp3) is 0.320. The molecule has 35 heavy (non-hydrogen) atoms. The number of amides is 2. The average Bonchev–Trinajstić information content (AvgIpc) is 3.61. The summed E-state index contributed by atoms with van der Waals surface area (Å²) in [5.74, 6) is -0.473. The molecule has 0 spiro atoms. The molecular formula is C25H25F3N4O3. The van der Waals surface area contributed by atoms with Gasteiger partial charge in [0.05, 0.1) is 17.9 Å². The number of methoxy groups -OCH3 is 1. The number of alkyl halides is 3. The Hall–Kier alpha value is -3.66. The Labute approximate surface area is 200 Å². The zero-order valence-corrected chi connectivity index (χ0v) is 19.1. The molecule has 10 heteroatoms. The van der Waals surface area contributed by atoms with Crippen molar-refractivity contribution in [3.05, 3.63) is 66.4 Å². The van der Waals surface area contributed by atoms with Gasteiger partial charge >= 0.3 is 6.18 Å². The number of carbonyl (C=O) groups is 2. The number of carbonyl (C=O) groups excluding carboxylic acids is 2. The van der Waals surface area contributed by atoms with Gasteiger partial charge in [0.25, 0.3) is 0 Å². The largest absolute Gasteiger partial charge is 0.416 e. The van der Waals surface area contributed by atoms with Crippen molar-refractivity contribution < 1.29 is 27.5 Å². The van der Waals surface area contributed by atoms with E-state index in [1.54, 1.807) is 6.20 Å². The summed E-state index contributed by atoms with van der Waals surface area (Å²) in [6, 6.07) is 13.8. The van der Waals surface area contributed by atoms with Crippen molar-refractivity contribution in [3.63, 3.8) is 0 Å². The Bertz CT molecular complexity index is 1170. The van der Waals surface area contributed by atoms with Crippen molar-refractivity contribution in [1.29, 1.82) is 0 Å². The van der Waals surface area contributed by atoms with E-state index in [-0.39, 0.29) is 30.9 Å². The molecule has 1 aromatic heterocycles. The molecule has 0 aliphatic heterocycles. The maximum atomic E-state index is 13.0. The van der Waals surface area contributed by atoms with Crippen LogP contribution in [0.25, 0.3) is 16.9 Å². The topological polar surface area (TPSA) is 76.5 Å². The molecule has 0 bridgehead atoms. The third-order valence-electron chi connectivity index (χ3n) is 5.64. The second kappa shape index (κ2) is 10.3. The molecule has 0 radical (unpaired) electrons. The summed E-state index contributed by atoms with van der Waals surface area (Å²) in [4.78, 5) is 31.4. The highest BCUT2D eigenvalue weighted by Gasteiger charge is 2.34. The summed E-state index contributed by atoms with van der Waals surface area (Å²) in [5, 5.41) is 2.72. The van der Waals surface area contributed by atoms with Crippen LogP contribution in [0.4, 0.5) is 19.1 Å². The molecule has 2 amide bonds. The number of rotatable bonds is 9. The van der Waals surface area contributed by atoms with E-state index in [9.17, 15) is 22.8 Å². The Kier molecular flexibility index (Phi) is 7.20. The van der Waals surface area contributed by atoms with Crippen LogP contribution < -0.4 is 5.32 Å². The van der Waals surface area contributed by atoms with E-state index >= 15 is 0 Å². The number of aromatic nitrogens is 2. The zero-order valence-electron chi connectivity index (χ0n) is 19.1. The smallest absolute Gasteiger partial charge is 0.383 e. The van der Waals surface area contributed by atoms with Gasteiger partial charge in [0.15, 0.2) is 0 Å². The highest BCUT2D eigenvalue weighted by Crippen LogP contribution is 2.32. The predicted octanol–water partition coefficient (Wildman–Crippen LogP) is 4.38. The molecule has 1 heterocycles. The average molecular weight is 486 g/mol. The zero-order chi connectivity index (χ0) is 25.0. The number of nitrogens with zero attached hydrogens (tertiary/aromatic N) is 3. The summed E-state index contributed by atoms with van der Waals surface area (Å²) >= 11 is 0. The normalized spacial score (nSPS) is 13.5. The Morgan fingerprint density at radius 3 is 2.40 bits per heavy atom. The van der Waals surface area contributed by atoms with Gasteiger partial charge in [-0.3, -0.25) is 19.5 Å². The van der Waals surface area contributed by atoms with E-state index in [1.807, 2.05) is 30.3 Å².